The average molecular weight is 531 g/mol. The highest BCUT2D eigenvalue weighted by Crippen LogP contribution is 2.39. The third kappa shape index (κ3) is 5.94. The molecule has 11 nitrogen and oxygen atoms in total. The van der Waals surface area contributed by atoms with E-state index in [1.165, 1.54) is 12.4 Å². The first-order chi connectivity index (χ1) is 18.9. The summed E-state index contributed by atoms with van der Waals surface area (Å²) in [6.45, 7) is 9.69. The molecule has 2 saturated heterocycles. The van der Waals surface area contributed by atoms with Gasteiger partial charge in [0.05, 0.1) is 36.8 Å². The second kappa shape index (κ2) is 11.7. The molecule has 1 amide bonds. The number of nitrogens with zero attached hydrogens (tertiary/aromatic N) is 6. The van der Waals surface area contributed by atoms with Crippen molar-refractivity contribution >= 4 is 34.6 Å². The van der Waals surface area contributed by atoms with Crippen LogP contribution in [0.5, 0.6) is 5.75 Å². The lowest BCUT2D eigenvalue weighted by molar-refractivity contribution is -0.111. The van der Waals surface area contributed by atoms with Crippen LogP contribution in [0.3, 0.4) is 0 Å². The minimum absolute atomic E-state index is 0.000948. The number of piperazine rings is 1. The lowest BCUT2D eigenvalue weighted by Gasteiger charge is -2.35. The largest absolute Gasteiger partial charge is 0.494 e. The molecule has 3 aromatic rings. The van der Waals surface area contributed by atoms with Gasteiger partial charge in [0.2, 0.25) is 5.91 Å². The smallest absolute Gasteiger partial charge is 0.247 e. The third-order valence-electron chi connectivity index (χ3n) is 6.97. The number of aryl methyl sites for hydroxylation is 1. The van der Waals surface area contributed by atoms with E-state index in [0.29, 0.717) is 35.4 Å². The van der Waals surface area contributed by atoms with Crippen molar-refractivity contribution in [3.05, 3.63) is 66.8 Å². The van der Waals surface area contributed by atoms with Crippen molar-refractivity contribution in [2.24, 2.45) is 0 Å². The minimum atomic E-state index is -0.284. The number of benzene rings is 1. The first kappa shape index (κ1) is 26.4. The van der Waals surface area contributed by atoms with E-state index in [-0.39, 0.29) is 11.9 Å². The Labute approximate surface area is 228 Å². The highest BCUT2D eigenvalue weighted by molar-refractivity contribution is 6.02. The van der Waals surface area contributed by atoms with Crippen molar-refractivity contribution < 1.29 is 14.4 Å². The SMILES string of the molecule is C=CC(=O)Nc1cc(Nc2cc(N3OCCC3c3ccc(C)nc3)ncn2)c(OC)cc1N1CCN(C)CC1. The van der Waals surface area contributed by atoms with Crippen molar-refractivity contribution in [1.29, 1.82) is 0 Å². The number of rotatable bonds is 8. The first-order valence-corrected chi connectivity index (χ1v) is 13.0. The second-order valence-electron chi connectivity index (χ2n) is 9.64. The van der Waals surface area contributed by atoms with Crippen LogP contribution in [-0.4, -0.2) is 72.7 Å². The van der Waals surface area contributed by atoms with Crippen LogP contribution in [0.25, 0.3) is 0 Å². The summed E-state index contributed by atoms with van der Waals surface area (Å²) in [5, 5.41) is 8.11. The predicted molar refractivity (Wildman–Crippen MR) is 152 cm³/mol. The van der Waals surface area contributed by atoms with Gasteiger partial charge in [0, 0.05) is 56.6 Å². The first-order valence-electron chi connectivity index (χ1n) is 13.0. The molecule has 2 aliphatic heterocycles. The number of methoxy groups -OCH3 is 1. The van der Waals surface area contributed by atoms with Crippen LogP contribution >= 0.6 is 0 Å². The van der Waals surface area contributed by atoms with Crippen molar-refractivity contribution in [2.75, 3.05) is 67.5 Å². The van der Waals surface area contributed by atoms with Gasteiger partial charge in [0.1, 0.15) is 17.9 Å². The quantitative estimate of drug-likeness (QED) is 0.419. The molecule has 11 heteroatoms. The van der Waals surface area contributed by atoms with Crippen LogP contribution in [0.15, 0.2) is 55.5 Å². The molecule has 5 rings (SSSR count). The Bertz CT molecular complexity index is 1320. The van der Waals surface area contributed by atoms with Gasteiger partial charge in [-0.3, -0.25) is 14.6 Å². The number of carbonyl (C=O) groups is 1. The van der Waals surface area contributed by atoms with Crippen LogP contribution in [0, 0.1) is 6.92 Å². The van der Waals surface area contributed by atoms with E-state index < -0.39 is 0 Å². The van der Waals surface area contributed by atoms with Crippen LogP contribution in [0.2, 0.25) is 0 Å². The fraction of sp³-hybridized carbons (Fsp3) is 0.357. The van der Waals surface area contributed by atoms with Crippen LogP contribution in [0.1, 0.15) is 23.7 Å². The Morgan fingerprint density at radius 2 is 1.95 bits per heavy atom. The number of pyridine rings is 1. The van der Waals surface area contributed by atoms with E-state index in [4.69, 9.17) is 9.57 Å². The second-order valence-corrected chi connectivity index (χ2v) is 9.64. The number of hydroxylamine groups is 1. The molecule has 39 heavy (non-hydrogen) atoms. The fourth-order valence-electron chi connectivity index (χ4n) is 4.78. The Kier molecular flexibility index (Phi) is 7.89. The molecule has 2 aromatic heterocycles. The summed E-state index contributed by atoms with van der Waals surface area (Å²) in [5.74, 6) is 1.53. The third-order valence-corrected chi connectivity index (χ3v) is 6.97. The van der Waals surface area contributed by atoms with Gasteiger partial charge in [-0.2, -0.15) is 0 Å². The van der Waals surface area contributed by atoms with Gasteiger partial charge in [0.15, 0.2) is 5.82 Å². The van der Waals surface area contributed by atoms with Crippen LogP contribution < -0.4 is 25.3 Å². The summed E-state index contributed by atoms with van der Waals surface area (Å²) in [4.78, 5) is 36.1. The molecule has 0 bridgehead atoms. The molecule has 2 fully saturated rings. The fourth-order valence-corrected chi connectivity index (χ4v) is 4.78. The van der Waals surface area contributed by atoms with Crippen molar-refractivity contribution in [3.63, 3.8) is 0 Å². The summed E-state index contributed by atoms with van der Waals surface area (Å²) in [6.07, 6.45) is 5.46. The van der Waals surface area contributed by atoms with Crippen molar-refractivity contribution in [2.45, 2.75) is 19.4 Å². The number of ether oxygens (including phenoxy) is 1. The summed E-state index contributed by atoms with van der Waals surface area (Å²) in [5.41, 5.74) is 4.24. The maximum Gasteiger partial charge on any atom is 0.247 e. The van der Waals surface area contributed by atoms with Gasteiger partial charge in [-0.05, 0) is 37.7 Å². The van der Waals surface area contributed by atoms with E-state index in [1.807, 2.05) is 42.4 Å². The van der Waals surface area contributed by atoms with Gasteiger partial charge in [-0.25, -0.2) is 15.0 Å². The zero-order valence-electron chi connectivity index (χ0n) is 22.6. The van der Waals surface area contributed by atoms with Gasteiger partial charge in [0.25, 0.3) is 0 Å². The Morgan fingerprint density at radius 3 is 2.67 bits per heavy atom. The number of hydrogen-bond acceptors (Lipinski definition) is 10. The van der Waals surface area contributed by atoms with E-state index >= 15 is 0 Å². The van der Waals surface area contributed by atoms with Gasteiger partial charge < -0.3 is 25.2 Å². The average Bonchev–Trinajstić information content (AvgIpc) is 3.44. The summed E-state index contributed by atoms with van der Waals surface area (Å²) in [7, 11) is 3.73. The standard InChI is InChI=1S/C28H34N8O3/c1-5-28(37)33-21-14-22(25(38-4)15-24(21)35-11-9-34(3)10-12-35)32-26-16-27(31-18-30-26)36-23(8-13-39-36)20-7-6-19(2)29-17-20/h5-7,14-18,23H,1,8-13H2,2-4H3,(H,33,37)(H,30,31,32). The van der Waals surface area contributed by atoms with Crippen LogP contribution in [0.4, 0.5) is 28.7 Å². The molecule has 0 spiro atoms. The predicted octanol–water partition coefficient (Wildman–Crippen LogP) is 3.69. The zero-order valence-corrected chi connectivity index (χ0v) is 22.6. The molecule has 1 atom stereocenters. The van der Waals surface area contributed by atoms with E-state index in [1.54, 1.807) is 7.11 Å². The maximum atomic E-state index is 12.3. The monoisotopic (exact) mass is 530 g/mol. The van der Waals surface area contributed by atoms with Gasteiger partial charge in [-0.15, -0.1) is 0 Å². The maximum absolute atomic E-state index is 12.3. The molecular formula is C28H34N8O3. The molecule has 0 aliphatic carbocycles. The Morgan fingerprint density at radius 1 is 1.13 bits per heavy atom. The number of anilines is 5. The summed E-state index contributed by atoms with van der Waals surface area (Å²) in [6, 6.07) is 9.70. The van der Waals surface area contributed by atoms with Crippen molar-refractivity contribution in [1.82, 2.24) is 19.9 Å². The number of likely N-dealkylation sites (N-methyl/N-ethyl adjacent to an activating group) is 1. The number of amides is 1. The highest BCUT2D eigenvalue weighted by atomic mass is 16.7. The normalized spacial score (nSPS) is 17.7. The molecule has 4 heterocycles. The van der Waals surface area contributed by atoms with E-state index in [0.717, 1.165) is 49.5 Å². The topological polar surface area (TPSA) is 108 Å². The Balaban J connectivity index is 1.43. The molecule has 2 aliphatic rings. The summed E-state index contributed by atoms with van der Waals surface area (Å²) >= 11 is 0. The minimum Gasteiger partial charge on any atom is -0.494 e. The van der Waals surface area contributed by atoms with E-state index in [9.17, 15) is 4.79 Å². The van der Waals surface area contributed by atoms with Gasteiger partial charge >= 0.3 is 0 Å². The van der Waals surface area contributed by atoms with Crippen molar-refractivity contribution in [3.8, 4) is 5.75 Å². The number of hydrogen-bond donors (Lipinski definition) is 2. The molecule has 1 aromatic carbocycles. The van der Waals surface area contributed by atoms with Gasteiger partial charge in [-0.1, -0.05) is 12.6 Å². The lowest BCUT2D eigenvalue weighted by Crippen LogP contribution is -2.44. The Hall–Kier alpha value is -4.22. The van der Waals surface area contributed by atoms with E-state index in [2.05, 4.69) is 55.1 Å². The number of nitrogens with one attached hydrogen (secondary N) is 2. The molecule has 2 N–H and O–H groups in total. The number of carbonyl (C=O) groups excluding carboxylic acids is 1. The molecule has 204 valence electrons. The molecule has 0 radical (unpaired) electrons. The molecular weight excluding hydrogens is 496 g/mol. The molecule has 0 saturated carbocycles. The highest BCUT2D eigenvalue weighted by Gasteiger charge is 2.29. The molecule has 1 unspecified atom stereocenters. The summed E-state index contributed by atoms with van der Waals surface area (Å²) < 4.78 is 5.75. The number of aromatic nitrogens is 3. The van der Waals surface area contributed by atoms with Crippen LogP contribution in [-0.2, 0) is 9.63 Å². The lowest BCUT2D eigenvalue weighted by atomic mass is 10.1. The zero-order chi connectivity index (χ0) is 27.4.